The standard InChI is InChI=1S/C20H17NO4S/c22-19(25-13-12-15-6-2-1-3-7-15)14-21-17-10-4-8-16-9-5-11-18(20(16)17)26(21,23)24/h1-11H,12-14H2. The largest absolute Gasteiger partial charge is 0.464 e. The Balaban J connectivity index is 1.50. The summed E-state index contributed by atoms with van der Waals surface area (Å²) in [5, 5.41) is 1.50. The highest BCUT2D eigenvalue weighted by Crippen LogP contribution is 2.41. The van der Waals surface area contributed by atoms with E-state index in [-0.39, 0.29) is 18.0 Å². The Labute approximate surface area is 151 Å². The monoisotopic (exact) mass is 367 g/mol. The molecule has 0 saturated heterocycles. The molecule has 6 heteroatoms. The van der Waals surface area contributed by atoms with Crippen molar-refractivity contribution in [1.82, 2.24) is 0 Å². The molecule has 132 valence electrons. The summed E-state index contributed by atoms with van der Waals surface area (Å²) < 4.78 is 32.0. The highest BCUT2D eigenvalue weighted by molar-refractivity contribution is 7.93. The third-order valence-corrected chi connectivity index (χ3v) is 6.25. The molecule has 1 heterocycles. The maximum absolute atomic E-state index is 12.8. The number of nitrogens with zero attached hydrogens (tertiary/aromatic N) is 1. The summed E-state index contributed by atoms with van der Waals surface area (Å²) in [6.45, 7) is -0.112. The van der Waals surface area contributed by atoms with Gasteiger partial charge in [-0.2, -0.15) is 0 Å². The number of benzene rings is 3. The van der Waals surface area contributed by atoms with Crippen LogP contribution in [-0.4, -0.2) is 27.5 Å². The van der Waals surface area contributed by atoms with Gasteiger partial charge in [0.05, 0.1) is 17.2 Å². The maximum atomic E-state index is 12.8. The smallest absolute Gasteiger partial charge is 0.326 e. The van der Waals surface area contributed by atoms with Crippen LogP contribution in [-0.2, 0) is 26.0 Å². The third kappa shape index (κ3) is 2.82. The molecule has 0 spiro atoms. The van der Waals surface area contributed by atoms with Crippen molar-refractivity contribution in [3.8, 4) is 0 Å². The Morgan fingerprint density at radius 2 is 1.65 bits per heavy atom. The van der Waals surface area contributed by atoms with Crippen LogP contribution >= 0.6 is 0 Å². The molecule has 0 amide bonds. The van der Waals surface area contributed by atoms with Crippen molar-refractivity contribution in [2.45, 2.75) is 11.3 Å². The summed E-state index contributed by atoms with van der Waals surface area (Å²) >= 11 is 0. The number of rotatable bonds is 5. The predicted octanol–water partition coefficient (Wildman–Crippen LogP) is 3.13. The van der Waals surface area contributed by atoms with Gasteiger partial charge in [-0.3, -0.25) is 9.10 Å². The number of hydrogen-bond acceptors (Lipinski definition) is 4. The topological polar surface area (TPSA) is 63.7 Å². The Kier molecular flexibility index (Phi) is 4.12. The zero-order valence-corrected chi connectivity index (χ0v) is 14.8. The highest BCUT2D eigenvalue weighted by atomic mass is 32.2. The van der Waals surface area contributed by atoms with Gasteiger partial charge < -0.3 is 4.74 Å². The van der Waals surface area contributed by atoms with E-state index in [2.05, 4.69) is 0 Å². The minimum absolute atomic E-state index is 0.216. The number of anilines is 1. The second kappa shape index (κ2) is 6.46. The van der Waals surface area contributed by atoms with Gasteiger partial charge in [0.25, 0.3) is 10.0 Å². The fraction of sp³-hybridized carbons (Fsp3) is 0.150. The SMILES string of the molecule is O=C(CN1c2cccc3cccc(c23)S1(=O)=O)OCCc1ccccc1. The zero-order chi connectivity index (χ0) is 18.1. The molecular weight excluding hydrogens is 350 g/mol. The van der Waals surface area contributed by atoms with Gasteiger partial charge in [-0.05, 0) is 23.1 Å². The van der Waals surface area contributed by atoms with Gasteiger partial charge in [-0.15, -0.1) is 0 Å². The summed E-state index contributed by atoms with van der Waals surface area (Å²) in [6.07, 6.45) is 0.592. The van der Waals surface area contributed by atoms with Crippen LogP contribution in [0.3, 0.4) is 0 Å². The molecule has 0 fully saturated rings. The second-order valence-electron chi connectivity index (χ2n) is 6.10. The molecule has 0 radical (unpaired) electrons. The molecule has 0 saturated carbocycles. The van der Waals surface area contributed by atoms with Crippen molar-refractivity contribution < 1.29 is 17.9 Å². The van der Waals surface area contributed by atoms with Crippen LogP contribution in [0, 0.1) is 0 Å². The van der Waals surface area contributed by atoms with E-state index < -0.39 is 16.0 Å². The van der Waals surface area contributed by atoms with E-state index in [9.17, 15) is 13.2 Å². The average Bonchev–Trinajstić information content (AvgIpc) is 2.86. The van der Waals surface area contributed by atoms with E-state index >= 15 is 0 Å². The fourth-order valence-electron chi connectivity index (χ4n) is 3.22. The first kappa shape index (κ1) is 16.6. The van der Waals surface area contributed by atoms with Crippen LogP contribution < -0.4 is 4.31 Å². The number of hydrogen-bond donors (Lipinski definition) is 0. The van der Waals surface area contributed by atoms with Crippen LogP contribution in [0.25, 0.3) is 10.8 Å². The van der Waals surface area contributed by atoms with Crippen molar-refractivity contribution in [2.24, 2.45) is 0 Å². The van der Waals surface area contributed by atoms with Gasteiger partial charge in [0, 0.05) is 11.8 Å². The van der Waals surface area contributed by atoms with Crippen molar-refractivity contribution >= 4 is 32.5 Å². The molecule has 0 aliphatic carbocycles. The number of ether oxygens (including phenoxy) is 1. The molecule has 5 nitrogen and oxygen atoms in total. The Morgan fingerprint density at radius 3 is 2.42 bits per heavy atom. The van der Waals surface area contributed by atoms with E-state index in [0.717, 1.165) is 15.3 Å². The second-order valence-corrected chi connectivity index (χ2v) is 7.93. The molecule has 4 rings (SSSR count). The van der Waals surface area contributed by atoms with Gasteiger partial charge in [0.2, 0.25) is 0 Å². The molecule has 0 N–H and O–H groups in total. The lowest BCUT2D eigenvalue weighted by Crippen LogP contribution is -2.33. The van der Waals surface area contributed by atoms with Crippen molar-refractivity contribution in [1.29, 1.82) is 0 Å². The van der Waals surface area contributed by atoms with E-state index in [1.165, 1.54) is 0 Å². The van der Waals surface area contributed by atoms with Crippen molar-refractivity contribution in [3.05, 3.63) is 72.3 Å². The molecule has 1 aliphatic heterocycles. The van der Waals surface area contributed by atoms with Gasteiger partial charge in [-0.25, -0.2) is 8.42 Å². The summed E-state index contributed by atoms with van der Waals surface area (Å²) in [6, 6.07) is 20.2. The van der Waals surface area contributed by atoms with E-state index in [1.807, 2.05) is 42.5 Å². The minimum atomic E-state index is -3.74. The van der Waals surface area contributed by atoms with Crippen LogP contribution in [0.4, 0.5) is 5.69 Å². The predicted molar refractivity (Wildman–Crippen MR) is 99.6 cm³/mol. The van der Waals surface area contributed by atoms with E-state index in [4.69, 9.17) is 4.74 Å². The number of carbonyl (C=O) groups is 1. The number of esters is 1. The first-order chi connectivity index (χ1) is 12.6. The van der Waals surface area contributed by atoms with E-state index in [0.29, 0.717) is 17.5 Å². The lowest BCUT2D eigenvalue weighted by atomic mass is 10.1. The van der Waals surface area contributed by atoms with Gasteiger partial charge in [-0.1, -0.05) is 54.6 Å². The van der Waals surface area contributed by atoms with Crippen LogP contribution in [0.2, 0.25) is 0 Å². The first-order valence-corrected chi connectivity index (χ1v) is 9.75. The molecule has 0 bridgehead atoms. The molecule has 26 heavy (non-hydrogen) atoms. The minimum Gasteiger partial charge on any atom is -0.464 e. The Bertz CT molecular complexity index is 1070. The van der Waals surface area contributed by atoms with Gasteiger partial charge in [0.1, 0.15) is 6.54 Å². The molecular formula is C20H17NO4S. The summed E-state index contributed by atoms with van der Waals surface area (Å²) in [7, 11) is -3.74. The molecule has 3 aromatic carbocycles. The maximum Gasteiger partial charge on any atom is 0.326 e. The molecule has 3 aromatic rings. The van der Waals surface area contributed by atoms with E-state index in [1.54, 1.807) is 24.3 Å². The highest BCUT2D eigenvalue weighted by Gasteiger charge is 2.36. The van der Waals surface area contributed by atoms with Gasteiger partial charge in [0.15, 0.2) is 0 Å². The summed E-state index contributed by atoms with van der Waals surface area (Å²) in [5.74, 6) is -0.561. The third-order valence-electron chi connectivity index (χ3n) is 4.45. The normalized spacial score (nSPS) is 14.5. The lowest BCUT2D eigenvalue weighted by molar-refractivity contribution is -0.141. The van der Waals surface area contributed by atoms with Crippen LogP contribution in [0.15, 0.2) is 71.6 Å². The molecule has 0 aromatic heterocycles. The zero-order valence-electron chi connectivity index (χ0n) is 14.0. The number of carbonyl (C=O) groups excluding carboxylic acids is 1. The van der Waals surface area contributed by atoms with Crippen molar-refractivity contribution in [3.63, 3.8) is 0 Å². The van der Waals surface area contributed by atoms with Gasteiger partial charge >= 0.3 is 5.97 Å². The summed E-state index contributed by atoms with van der Waals surface area (Å²) in [4.78, 5) is 12.5. The quantitative estimate of drug-likeness (QED) is 0.650. The molecule has 1 aliphatic rings. The van der Waals surface area contributed by atoms with Crippen LogP contribution in [0.1, 0.15) is 5.56 Å². The van der Waals surface area contributed by atoms with Crippen molar-refractivity contribution in [2.75, 3.05) is 17.5 Å². The molecule has 0 unspecified atom stereocenters. The van der Waals surface area contributed by atoms with Crippen LogP contribution in [0.5, 0.6) is 0 Å². The summed E-state index contributed by atoms with van der Waals surface area (Å²) in [5.41, 5.74) is 1.59. The number of sulfonamides is 1. The molecule has 0 atom stereocenters. The average molecular weight is 367 g/mol. The lowest BCUT2D eigenvalue weighted by Gasteiger charge is -2.17. The first-order valence-electron chi connectivity index (χ1n) is 8.31. The Hall–Kier alpha value is -2.86. The Morgan fingerprint density at radius 1 is 0.923 bits per heavy atom. The fourth-order valence-corrected chi connectivity index (χ4v) is 4.87.